The molecule has 1 aliphatic heterocycles. The maximum atomic E-state index is 12.7. The van der Waals surface area contributed by atoms with Crippen LogP contribution in [-0.4, -0.2) is 29.9 Å². The number of hydrogen-bond acceptors (Lipinski definition) is 2. The van der Waals surface area contributed by atoms with Crippen molar-refractivity contribution in [2.45, 2.75) is 39.7 Å². The zero-order valence-corrected chi connectivity index (χ0v) is 14.8. The van der Waals surface area contributed by atoms with E-state index in [2.05, 4.69) is 37.4 Å². The summed E-state index contributed by atoms with van der Waals surface area (Å²) in [5, 5.41) is 3.60. The van der Waals surface area contributed by atoms with Gasteiger partial charge in [-0.05, 0) is 69.0 Å². The minimum absolute atomic E-state index is 0.140. The predicted molar refractivity (Wildman–Crippen MR) is 99.6 cm³/mol. The largest absolute Gasteiger partial charge is 0.381 e. The molecule has 2 aromatic carbocycles. The minimum Gasteiger partial charge on any atom is -0.381 e. The van der Waals surface area contributed by atoms with Crippen LogP contribution in [0.25, 0.3) is 0 Å². The zero-order chi connectivity index (χ0) is 17.1. The fraction of sp³-hybridized carbons (Fsp3) is 0.381. The Morgan fingerprint density at radius 3 is 2.50 bits per heavy atom. The first-order chi connectivity index (χ1) is 11.5. The van der Waals surface area contributed by atoms with Crippen LogP contribution >= 0.6 is 0 Å². The summed E-state index contributed by atoms with van der Waals surface area (Å²) < 4.78 is 0. The molecule has 1 atom stereocenters. The number of likely N-dealkylation sites (tertiary alicyclic amines) is 1. The van der Waals surface area contributed by atoms with E-state index in [0.29, 0.717) is 6.04 Å². The summed E-state index contributed by atoms with van der Waals surface area (Å²) >= 11 is 0. The van der Waals surface area contributed by atoms with Gasteiger partial charge in [0, 0.05) is 30.4 Å². The molecule has 2 aromatic rings. The molecule has 3 rings (SSSR count). The highest BCUT2D eigenvalue weighted by molar-refractivity contribution is 5.94. The SMILES string of the molecule is Cc1ccc(C(=O)N2CCCC(Nc3ccc(C)c(C)c3)C2)cc1. The topological polar surface area (TPSA) is 32.3 Å². The summed E-state index contributed by atoms with van der Waals surface area (Å²) in [6.45, 7) is 7.91. The molecule has 3 nitrogen and oxygen atoms in total. The number of nitrogens with zero attached hydrogens (tertiary/aromatic N) is 1. The van der Waals surface area contributed by atoms with Crippen LogP contribution in [0.15, 0.2) is 42.5 Å². The maximum absolute atomic E-state index is 12.7. The average molecular weight is 322 g/mol. The average Bonchev–Trinajstić information content (AvgIpc) is 2.58. The van der Waals surface area contributed by atoms with Gasteiger partial charge in [-0.2, -0.15) is 0 Å². The molecule has 1 heterocycles. The van der Waals surface area contributed by atoms with Crippen molar-refractivity contribution in [3.63, 3.8) is 0 Å². The third kappa shape index (κ3) is 3.78. The van der Waals surface area contributed by atoms with E-state index in [1.165, 1.54) is 16.7 Å². The monoisotopic (exact) mass is 322 g/mol. The van der Waals surface area contributed by atoms with Gasteiger partial charge in [0.05, 0.1) is 0 Å². The molecule has 0 saturated carbocycles. The van der Waals surface area contributed by atoms with Crippen LogP contribution in [0.3, 0.4) is 0 Å². The number of piperidine rings is 1. The van der Waals surface area contributed by atoms with Crippen molar-refractivity contribution in [2.24, 2.45) is 0 Å². The van der Waals surface area contributed by atoms with Gasteiger partial charge in [-0.15, -0.1) is 0 Å². The van der Waals surface area contributed by atoms with Crippen molar-refractivity contribution >= 4 is 11.6 Å². The Bertz CT molecular complexity index is 721. The maximum Gasteiger partial charge on any atom is 0.253 e. The van der Waals surface area contributed by atoms with Crippen LogP contribution in [-0.2, 0) is 0 Å². The van der Waals surface area contributed by atoms with Crippen molar-refractivity contribution in [1.82, 2.24) is 4.90 Å². The van der Waals surface area contributed by atoms with Crippen molar-refractivity contribution in [1.29, 1.82) is 0 Å². The lowest BCUT2D eigenvalue weighted by Gasteiger charge is -2.34. The molecule has 1 fully saturated rings. The van der Waals surface area contributed by atoms with E-state index in [0.717, 1.165) is 37.2 Å². The molecule has 1 N–H and O–H groups in total. The van der Waals surface area contributed by atoms with E-state index < -0.39 is 0 Å². The van der Waals surface area contributed by atoms with E-state index >= 15 is 0 Å². The lowest BCUT2D eigenvalue weighted by atomic mass is 10.0. The van der Waals surface area contributed by atoms with Gasteiger partial charge in [0.1, 0.15) is 0 Å². The first-order valence-corrected chi connectivity index (χ1v) is 8.72. The second-order valence-electron chi connectivity index (χ2n) is 6.90. The van der Waals surface area contributed by atoms with Crippen molar-refractivity contribution in [2.75, 3.05) is 18.4 Å². The molecule has 126 valence electrons. The quantitative estimate of drug-likeness (QED) is 0.912. The lowest BCUT2D eigenvalue weighted by molar-refractivity contribution is 0.0715. The molecule has 3 heteroatoms. The van der Waals surface area contributed by atoms with Crippen LogP contribution < -0.4 is 5.32 Å². The number of amides is 1. The number of carbonyl (C=O) groups excluding carboxylic acids is 1. The van der Waals surface area contributed by atoms with Gasteiger partial charge >= 0.3 is 0 Å². The van der Waals surface area contributed by atoms with Gasteiger partial charge in [0.2, 0.25) is 0 Å². The van der Waals surface area contributed by atoms with Crippen LogP contribution in [0.1, 0.15) is 39.9 Å². The number of rotatable bonds is 3. The van der Waals surface area contributed by atoms with Gasteiger partial charge in [-0.1, -0.05) is 23.8 Å². The van der Waals surface area contributed by atoms with Crippen LogP contribution in [0.2, 0.25) is 0 Å². The summed E-state index contributed by atoms with van der Waals surface area (Å²) in [5.41, 5.74) is 5.71. The first-order valence-electron chi connectivity index (χ1n) is 8.72. The van der Waals surface area contributed by atoms with E-state index in [-0.39, 0.29) is 5.91 Å². The molecule has 1 amide bonds. The normalized spacial score (nSPS) is 17.6. The Morgan fingerprint density at radius 2 is 1.79 bits per heavy atom. The smallest absolute Gasteiger partial charge is 0.253 e. The fourth-order valence-corrected chi connectivity index (χ4v) is 3.23. The number of carbonyl (C=O) groups is 1. The van der Waals surface area contributed by atoms with Crippen LogP contribution in [0, 0.1) is 20.8 Å². The second-order valence-corrected chi connectivity index (χ2v) is 6.90. The Hall–Kier alpha value is -2.29. The van der Waals surface area contributed by atoms with Gasteiger partial charge in [0.25, 0.3) is 5.91 Å². The standard InChI is InChI=1S/C21H26N2O/c1-15-6-9-18(10-7-15)21(24)23-12-4-5-20(14-23)22-19-11-8-16(2)17(3)13-19/h6-11,13,20,22H,4-5,12,14H2,1-3H3. The molecule has 24 heavy (non-hydrogen) atoms. The first kappa shape index (κ1) is 16.6. The number of anilines is 1. The second kappa shape index (κ2) is 7.08. The summed E-state index contributed by atoms with van der Waals surface area (Å²) in [4.78, 5) is 14.7. The summed E-state index contributed by atoms with van der Waals surface area (Å²) in [6, 6.07) is 14.6. The van der Waals surface area contributed by atoms with E-state index in [4.69, 9.17) is 0 Å². The van der Waals surface area contributed by atoms with Gasteiger partial charge in [-0.3, -0.25) is 4.79 Å². The highest BCUT2D eigenvalue weighted by Crippen LogP contribution is 2.20. The van der Waals surface area contributed by atoms with Gasteiger partial charge in [-0.25, -0.2) is 0 Å². The highest BCUT2D eigenvalue weighted by atomic mass is 16.2. The molecule has 0 aromatic heterocycles. The molecule has 0 bridgehead atoms. The fourth-order valence-electron chi connectivity index (χ4n) is 3.23. The number of hydrogen-bond donors (Lipinski definition) is 1. The van der Waals surface area contributed by atoms with Gasteiger partial charge in [0.15, 0.2) is 0 Å². The summed E-state index contributed by atoms with van der Waals surface area (Å²) in [6.07, 6.45) is 2.14. The van der Waals surface area contributed by atoms with E-state index in [9.17, 15) is 4.79 Å². The number of benzene rings is 2. The Kier molecular flexibility index (Phi) is 4.89. The molecular formula is C21H26N2O. The number of aryl methyl sites for hydroxylation is 3. The predicted octanol–water partition coefficient (Wildman–Crippen LogP) is 4.33. The Labute approximate surface area is 144 Å². The van der Waals surface area contributed by atoms with Crippen molar-refractivity contribution in [3.05, 3.63) is 64.7 Å². The molecule has 0 radical (unpaired) electrons. The Morgan fingerprint density at radius 1 is 1.04 bits per heavy atom. The summed E-state index contributed by atoms with van der Waals surface area (Å²) in [7, 11) is 0. The molecule has 1 saturated heterocycles. The zero-order valence-electron chi connectivity index (χ0n) is 14.8. The van der Waals surface area contributed by atoms with Gasteiger partial charge < -0.3 is 10.2 Å². The van der Waals surface area contributed by atoms with Crippen LogP contribution in [0.5, 0.6) is 0 Å². The van der Waals surface area contributed by atoms with Crippen molar-refractivity contribution in [3.8, 4) is 0 Å². The van der Waals surface area contributed by atoms with E-state index in [1.54, 1.807) is 0 Å². The third-order valence-electron chi connectivity index (χ3n) is 4.88. The molecular weight excluding hydrogens is 296 g/mol. The highest BCUT2D eigenvalue weighted by Gasteiger charge is 2.24. The number of nitrogens with one attached hydrogen (secondary N) is 1. The molecule has 1 unspecified atom stereocenters. The van der Waals surface area contributed by atoms with E-state index in [1.807, 2.05) is 36.1 Å². The van der Waals surface area contributed by atoms with Crippen LogP contribution in [0.4, 0.5) is 5.69 Å². The van der Waals surface area contributed by atoms with Crippen molar-refractivity contribution < 1.29 is 4.79 Å². The Balaban J connectivity index is 1.66. The minimum atomic E-state index is 0.140. The molecule has 1 aliphatic rings. The molecule has 0 aliphatic carbocycles. The lowest BCUT2D eigenvalue weighted by Crippen LogP contribution is -2.45. The molecule has 0 spiro atoms. The third-order valence-corrected chi connectivity index (χ3v) is 4.88. The summed E-state index contributed by atoms with van der Waals surface area (Å²) in [5.74, 6) is 0.140.